The molecular formula is C22H19F3N6O2. The van der Waals surface area contributed by atoms with Crippen molar-refractivity contribution in [1.82, 2.24) is 25.9 Å². The molecule has 3 heterocycles. The number of fused-ring (bicyclic) bond motifs is 1. The number of nitrogens with one attached hydrogen (secondary N) is 2. The van der Waals surface area contributed by atoms with E-state index in [1.807, 2.05) is 0 Å². The summed E-state index contributed by atoms with van der Waals surface area (Å²) in [5, 5.41) is 11.9. The van der Waals surface area contributed by atoms with Crippen LogP contribution in [0.15, 0.2) is 64.7 Å². The molecule has 4 N–H and O–H groups in total. The van der Waals surface area contributed by atoms with Gasteiger partial charge < -0.3 is 15.5 Å². The number of nitrogen functional groups attached to an aromatic ring is 1. The fourth-order valence-corrected chi connectivity index (χ4v) is 4.21. The molecule has 1 saturated heterocycles. The highest BCUT2D eigenvalue weighted by molar-refractivity contribution is 6.19. The van der Waals surface area contributed by atoms with Gasteiger partial charge in [0.1, 0.15) is 17.8 Å². The predicted molar refractivity (Wildman–Crippen MR) is 113 cm³/mol. The number of benzene rings is 2. The summed E-state index contributed by atoms with van der Waals surface area (Å²) in [5.41, 5.74) is 10.0. The van der Waals surface area contributed by atoms with Crippen LogP contribution in [0.4, 0.5) is 18.9 Å². The molecule has 0 bridgehead atoms. The number of alkyl halides is 3. The van der Waals surface area contributed by atoms with Gasteiger partial charge in [0, 0.05) is 16.9 Å². The predicted octanol–water partition coefficient (Wildman–Crippen LogP) is 3.04. The van der Waals surface area contributed by atoms with E-state index in [4.69, 9.17) is 10.2 Å². The Morgan fingerprint density at radius 3 is 2.36 bits per heavy atom. The van der Waals surface area contributed by atoms with Gasteiger partial charge in [-0.1, -0.05) is 30.3 Å². The third-order valence-corrected chi connectivity index (χ3v) is 5.76. The van der Waals surface area contributed by atoms with Gasteiger partial charge in [-0.05, 0) is 36.8 Å². The van der Waals surface area contributed by atoms with Crippen LogP contribution in [-0.2, 0) is 4.79 Å². The van der Waals surface area contributed by atoms with Gasteiger partial charge >= 0.3 is 6.18 Å². The van der Waals surface area contributed by atoms with Crippen molar-refractivity contribution in [2.75, 3.05) is 5.73 Å². The number of aromatic nitrogens is 2. The van der Waals surface area contributed by atoms with Crippen molar-refractivity contribution in [2.24, 2.45) is 0 Å². The van der Waals surface area contributed by atoms with E-state index in [2.05, 4.69) is 20.9 Å². The maximum Gasteiger partial charge on any atom is 0.406 e. The van der Waals surface area contributed by atoms with Crippen LogP contribution in [0.2, 0.25) is 0 Å². The van der Waals surface area contributed by atoms with Crippen molar-refractivity contribution in [3.63, 3.8) is 0 Å². The van der Waals surface area contributed by atoms with Crippen molar-refractivity contribution < 1.29 is 22.4 Å². The van der Waals surface area contributed by atoms with E-state index in [1.54, 1.807) is 61.5 Å². The fraction of sp³-hybridized carbons (Fsp3) is 0.227. The molecule has 0 spiro atoms. The number of amides is 1. The number of carbonyl (C=O) groups excluding carboxylic acids is 1. The quantitative estimate of drug-likeness (QED) is 0.520. The van der Waals surface area contributed by atoms with Gasteiger partial charge in [-0.25, -0.2) is 10.4 Å². The number of anilines is 1. The minimum Gasteiger partial charge on any atom is -0.416 e. The summed E-state index contributed by atoms with van der Waals surface area (Å²) in [7, 11) is 0. The lowest BCUT2D eigenvalue weighted by Crippen LogP contribution is -2.54. The zero-order valence-corrected chi connectivity index (χ0v) is 17.3. The maximum absolute atomic E-state index is 13.9. The second-order valence-corrected chi connectivity index (χ2v) is 7.88. The monoisotopic (exact) mass is 456 g/mol. The summed E-state index contributed by atoms with van der Waals surface area (Å²) in [4.78, 5) is 13.3. The number of nitrogens with two attached hydrogens (primary N) is 1. The first-order valence-electron chi connectivity index (χ1n) is 10.1. The molecule has 0 saturated carbocycles. The molecule has 1 amide bonds. The van der Waals surface area contributed by atoms with E-state index >= 15 is 0 Å². The van der Waals surface area contributed by atoms with E-state index in [1.165, 1.54) is 0 Å². The van der Waals surface area contributed by atoms with Gasteiger partial charge in [0.05, 0.1) is 5.92 Å². The Morgan fingerprint density at radius 2 is 1.70 bits per heavy atom. The maximum atomic E-state index is 13.9. The topological polar surface area (TPSA) is 109 Å². The van der Waals surface area contributed by atoms with Crippen LogP contribution >= 0.6 is 0 Å². The summed E-state index contributed by atoms with van der Waals surface area (Å²) in [6, 6.07) is 13.0. The minimum absolute atomic E-state index is 0.00239. The number of halogens is 3. The van der Waals surface area contributed by atoms with Crippen LogP contribution < -0.4 is 16.5 Å². The zero-order valence-electron chi connectivity index (χ0n) is 17.3. The van der Waals surface area contributed by atoms with Crippen molar-refractivity contribution in [1.29, 1.82) is 0 Å². The average Bonchev–Trinajstić information content (AvgIpc) is 3.40. The Balaban J connectivity index is 1.51. The summed E-state index contributed by atoms with van der Waals surface area (Å²) >= 11 is 0. The lowest BCUT2D eigenvalue weighted by atomic mass is 9.89. The number of rotatable bonds is 3. The Morgan fingerprint density at radius 1 is 1.03 bits per heavy atom. The molecular weight excluding hydrogens is 437 g/mol. The molecule has 33 heavy (non-hydrogen) atoms. The fourth-order valence-electron chi connectivity index (χ4n) is 4.21. The third kappa shape index (κ3) is 3.59. The van der Waals surface area contributed by atoms with Crippen LogP contribution in [0.25, 0.3) is 17.0 Å². The molecule has 5 rings (SSSR count). The van der Waals surface area contributed by atoms with Crippen molar-refractivity contribution in [2.45, 2.75) is 31.2 Å². The molecule has 0 radical (unpaired) electrons. The van der Waals surface area contributed by atoms with Crippen molar-refractivity contribution >= 4 is 17.2 Å². The largest absolute Gasteiger partial charge is 0.416 e. The molecule has 11 heteroatoms. The van der Waals surface area contributed by atoms with Gasteiger partial charge in [-0.3, -0.25) is 4.79 Å². The van der Waals surface area contributed by atoms with Crippen molar-refractivity contribution in [3.05, 3.63) is 71.7 Å². The number of nitrogens with zero attached hydrogens (tertiary/aromatic N) is 3. The van der Waals surface area contributed by atoms with Crippen LogP contribution in [0, 0.1) is 0 Å². The highest BCUT2D eigenvalue weighted by Crippen LogP contribution is 2.42. The number of hydrogen-bond donors (Lipinski definition) is 3. The highest BCUT2D eigenvalue weighted by atomic mass is 19.4. The second kappa shape index (κ2) is 7.62. The summed E-state index contributed by atoms with van der Waals surface area (Å²) < 4.78 is 47.4. The van der Waals surface area contributed by atoms with Crippen LogP contribution in [0.1, 0.15) is 24.3 Å². The smallest absolute Gasteiger partial charge is 0.406 e. The van der Waals surface area contributed by atoms with E-state index in [0.29, 0.717) is 22.5 Å². The van der Waals surface area contributed by atoms with Gasteiger partial charge in [-0.2, -0.15) is 13.2 Å². The SMILES string of the molecule is CC1=C(c2nnc(-c3ccc(N)cc3)o2)C(=O)N2NC(C(F)(F)F)C(c3ccccc3)C2N1. The molecule has 3 aromatic rings. The van der Waals surface area contributed by atoms with Gasteiger partial charge in [0.25, 0.3) is 11.8 Å². The molecule has 3 unspecified atom stereocenters. The first-order chi connectivity index (χ1) is 15.7. The third-order valence-electron chi connectivity index (χ3n) is 5.76. The molecule has 0 aliphatic carbocycles. The number of hydrogen-bond acceptors (Lipinski definition) is 7. The number of hydrazine groups is 1. The first-order valence-corrected chi connectivity index (χ1v) is 10.1. The molecule has 2 aromatic carbocycles. The zero-order chi connectivity index (χ0) is 23.3. The average molecular weight is 456 g/mol. The van der Waals surface area contributed by atoms with Crippen LogP contribution in [0.3, 0.4) is 0 Å². The summed E-state index contributed by atoms with van der Waals surface area (Å²) in [6.07, 6.45) is -5.53. The normalized spacial score (nSPS) is 23.0. The molecule has 170 valence electrons. The number of carbonyl (C=O) groups is 1. The molecule has 2 aliphatic rings. The summed E-state index contributed by atoms with van der Waals surface area (Å²) in [5.74, 6) is -1.68. The number of allylic oxidation sites excluding steroid dienone is 1. The molecule has 1 fully saturated rings. The van der Waals surface area contributed by atoms with Gasteiger partial charge in [-0.15, -0.1) is 10.2 Å². The lowest BCUT2D eigenvalue weighted by molar-refractivity contribution is -0.161. The Kier molecular flexibility index (Phi) is 4.85. The Bertz CT molecular complexity index is 1220. The van der Waals surface area contributed by atoms with Crippen LogP contribution in [-0.4, -0.2) is 39.5 Å². The second-order valence-electron chi connectivity index (χ2n) is 7.88. The standard InChI is InChI=1S/C22H19F3N6O2/c1-11-15(20-29-28-19(33-20)13-7-9-14(26)10-8-13)21(32)31-18(27-11)16(12-5-3-2-4-6-12)17(30-31)22(23,24)25/h2-10,16-18,27,30H,26H2,1H3. The van der Waals surface area contributed by atoms with Gasteiger partial charge in [0.2, 0.25) is 5.89 Å². The van der Waals surface area contributed by atoms with E-state index in [-0.39, 0.29) is 17.4 Å². The summed E-state index contributed by atoms with van der Waals surface area (Å²) in [6.45, 7) is 1.60. The molecule has 1 aromatic heterocycles. The molecule has 2 aliphatic heterocycles. The minimum atomic E-state index is -4.58. The first kappa shape index (κ1) is 21.0. The Hall–Kier alpha value is -3.86. The molecule has 8 nitrogen and oxygen atoms in total. The van der Waals surface area contributed by atoms with E-state index in [0.717, 1.165) is 5.01 Å². The van der Waals surface area contributed by atoms with E-state index in [9.17, 15) is 18.0 Å². The molecule has 3 atom stereocenters. The van der Waals surface area contributed by atoms with Gasteiger partial charge in [0.15, 0.2) is 0 Å². The van der Waals surface area contributed by atoms with Crippen LogP contribution in [0.5, 0.6) is 0 Å². The van der Waals surface area contributed by atoms with E-state index < -0.39 is 30.2 Å². The lowest BCUT2D eigenvalue weighted by Gasteiger charge is -2.34. The highest BCUT2D eigenvalue weighted by Gasteiger charge is 2.58. The van der Waals surface area contributed by atoms with Crippen molar-refractivity contribution in [3.8, 4) is 11.5 Å². The Labute approximate surface area is 186 Å².